The number of aryl methyl sites for hydroxylation is 1. The highest BCUT2D eigenvalue weighted by Crippen LogP contribution is 2.18. The first-order valence-electron chi connectivity index (χ1n) is 10.9. The van der Waals surface area contributed by atoms with Gasteiger partial charge in [-0.05, 0) is 30.4 Å². The van der Waals surface area contributed by atoms with Crippen LogP contribution in [0.15, 0.2) is 36.7 Å². The molecule has 158 valence electrons. The van der Waals surface area contributed by atoms with E-state index in [1.165, 1.54) is 63.4 Å². The van der Waals surface area contributed by atoms with E-state index in [9.17, 15) is 4.79 Å². The van der Waals surface area contributed by atoms with Crippen molar-refractivity contribution in [3.05, 3.63) is 47.8 Å². The Morgan fingerprint density at radius 2 is 1.45 bits per heavy atom. The zero-order valence-electron chi connectivity index (χ0n) is 17.4. The highest BCUT2D eigenvalue weighted by Gasteiger charge is 2.14. The second kappa shape index (κ2) is 13.3. The molecule has 2 aromatic rings. The Morgan fingerprint density at radius 1 is 0.897 bits per heavy atom. The number of carbonyl (C=O) groups is 1. The number of rotatable bonds is 14. The summed E-state index contributed by atoms with van der Waals surface area (Å²) in [6.45, 7) is 2.26. The van der Waals surface area contributed by atoms with Gasteiger partial charge >= 0.3 is 5.97 Å². The molecule has 0 aliphatic carbocycles. The number of carboxylic acids is 1. The van der Waals surface area contributed by atoms with Crippen LogP contribution < -0.4 is 0 Å². The van der Waals surface area contributed by atoms with Gasteiger partial charge in [0.1, 0.15) is 5.38 Å². The molecule has 4 nitrogen and oxygen atoms in total. The van der Waals surface area contributed by atoms with Gasteiger partial charge in [0.05, 0.1) is 0 Å². The van der Waals surface area contributed by atoms with Crippen molar-refractivity contribution in [3.8, 4) is 11.4 Å². The summed E-state index contributed by atoms with van der Waals surface area (Å²) in [6.07, 6.45) is 17.1. The summed E-state index contributed by atoms with van der Waals surface area (Å²) >= 11 is 5.80. The number of unbranched alkanes of at least 4 members (excludes halogenated alkanes) is 8. The minimum atomic E-state index is -0.998. The molecule has 0 radical (unpaired) electrons. The topological polar surface area (TPSA) is 63.1 Å². The Labute approximate surface area is 179 Å². The number of benzene rings is 1. The molecule has 0 unspecified atom stereocenters. The summed E-state index contributed by atoms with van der Waals surface area (Å²) in [7, 11) is 0. The summed E-state index contributed by atoms with van der Waals surface area (Å²) in [5.41, 5.74) is 2.99. The van der Waals surface area contributed by atoms with Crippen molar-refractivity contribution in [1.29, 1.82) is 0 Å². The van der Waals surface area contributed by atoms with E-state index in [1.54, 1.807) is 0 Å². The zero-order valence-corrected chi connectivity index (χ0v) is 18.2. The fourth-order valence-electron chi connectivity index (χ4n) is 3.36. The predicted octanol–water partition coefficient (Wildman–Crippen LogP) is 6.45. The van der Waals surface area contributed by atoms with Gasteiger partial charge in [0.2, 0.25) is 0 Å². The third kappa shape index (κ3) is 8.95. The molecule has 0 fully saturated rings. The van der Waals surface area contributed by atoms with Crippen LogP contribution in [0.2, 0.25) is 0 Å². The lowest BCUT2D eigenvalue weighted by molar-refractivity contribution is -0.136. The van der Waals surface area contributed by atoms with Crippen molar-refractivity contribution < 1.29 is 9.90 Å². The maximum absolute atomic E-state index is 10.8. The largest absolute Gasteiger partial charge is 0.480 e. The maximum atomic E-state index is 10.8. The van der Waals surface area contributed by atoms with Gasteiger partial charge in [0.15, 0.2) is 5.82 Å². The van der Waals surface area contributed by atoms with E-state index in [-0.39, 0.29) is 0 Å². The van der Waals surface area contributed by atoms with E-state index in [0.717, 1.165) is 17.5 Å². The fourth-order valence-corrected chi connectivity index (χ4v) is 3.54. The van der Waals surface area contributed by atoms with Crippen molar-refractivity contribution in [3.63, 3.8) is 0 Å². The number of hydrogen-bond donors (Lipinski definition) is 1. The maximum Gasteiger partial charge on any atom is 0.321 e. The number of alkyl halides is 1. The summed E-state index contributed by atoms with van der Waals surface area (Å²) in [5.74, 6) is -0.310. The van der Waals surface area contributed by atoms with Crippen molar-refractivity contribution in [2.24, 2.45) is 0 Å². The highest BCUT2D eigenvalue weighted by molar-refractivity contribution is 6.29. The van der Waals surface area contributed by atoms with E-state index >= 15 is 0 Å². The van der Waals surface area contributed by atoms with E-state index in [1.807, 2.05) is 36.7 Å². The van der Waals surface area contributed by atoms with Crippen LogP contribution in [-0.4, -0.2) is 26.4 Å². The monoisotopic (exact) mass is 416 g/mol. The number of aliphatic carboxylic acids is 1. The quantitative estimate of drug-likeness (QED) is 0.284. The van der Waals surface area contributed by atoms with Crippen molar-refractivity contribution in [1.82, 2.24) is 9.97 Å². The van der Waals surface area contributed by atoms with E-state index in [0.29, 0.717) is 12.2 Å². The third-order valence-electron chi connectivity index (χ3n) is 5.17. The highest BCUT2D eigenvalue weighted by atomic mass is 35.5. The van der Waals surface area contributed by atoms with Gasteiger partial charge in [0, 0.05) is 18.0 Å². The molecule has 0 aliphatic rings. The smallest absolute Gasteiger partial charge is 0.321 e. The number of carboxylic acid groups (broad SMARTS) is 1. The second-order valence-electron chi connectivity index (χ2n) is 7.70. The van der Waals surface area contributed by atoms with Crippen LogP contribution in [0.1, 0.15) is 75.8 Å². The lowest BCUT2D eigenvalue weighted by Gasteiger charge is -2.06. The molecule has 0 spiro atoms. The number of hydrogen-bond acceptors (Lipinski definition) is 3. The van der Waals surface area contributed by atoms with Crippen LogP contribution in [0.5, 0.6) is 0 Å². The van der Waals surface area contributed by atoms with Crippen LogP contribution in [0.25, 0.3) is 11.4 Å². The normalized spacial score (nSPS) is 12.1. The molecule has 29 heavy (non-hydrogen) atoms. The lowest BCUT2D eigenvalue weighted by atomic mass is 10.0. The van der Waals surface area contributed by atoms with E-state index in [2.05, 4.69) is 16.9 Å². The van der Waals surface area contributed by atoms with Gasteiger partial charge < -0.3 is 5.11 Å². The molecule has 1 heterocycles. The average Bonchev–Trinajstić information content (AvgIpc) is 2.73. The summed E-state index contributed by atoms with van der Waals surface area (Å²) < 4.78 is 0. The van der Waals surface area contributed by atoms with Gasteiger partial charge in [-0.25, -0.2) is 9.97 Å². The third-order valence-corrected chi connectivity index (χ3v) is 5.51. The predicted molar refractivity (Wildman–Crippen MR) is 119 cm³/mol. The van der Waals surface area contributed by atoms with Crippen LogP contribution in [0, 0.1) is 0 Å². The van der Waals surface area contributed by atoms with Gasteiger partial charge in [-0.2, -0.15) is 0 Å². The van der Waals surface area contributed by atoms with Gasteiger partial charge in [-0.3, -0.25) is 4.79 Å². The molecule has 0 saturated carbocycles. The molecule has 1 atom stereocenters. The van der Waals surface area contributed by atoms with Crippen LogP contribution in [-0.2, 0) is 17.6 Å². The number of halogens is 1. The van der Waals surface area contributed by atoms with Gasteiger partial charge in [-0.15, -0.1) is 11.6 Å². The van der Waals surface area contributed by atoms with Crippen LogP contribution in [0.3, 0.4) is 0 Å². The molecule has 0 bridgehead atoms. The van der Waals surface area contributed by atoms with Crippen LogP contribution in [0.4, 0.5) is 0 Å². The Morgan fingerprint density at radius 3 is 2.00 bits per heavy atom. The number of aromatic nitrogens is 2. The van der Waals surface area contributed by atoms with Crippen molar-refractivity contribution in [2.75, 3.05) is 0 Å². The minimum Gasteiger partial charge on any atom is -0.480 e. The minimum absolute atomic E-state index is 0.301. The average molecular weight is 417 g/mol. The molecule has 0 aliphatic heterocycles. The molecule has 1 aromatic heterocycles. The van der Waals surface area contributed by atoms with Gasteiger partial charge in [0.25, 0.3) is 0 Å². The van der Waals surface area contributed by atoms with Crippen molar-refractivity contribution in [2.45, 2.75) is 82.9 Å². The summed E-state index contributed by atoms with van der Waals surface area (Å²) in [6, 6.07) is 7.59. The first-order valence-corrected chi connectivity index (χ1v) is 11.3. The Kier molecular flexibility index (Phi) is 10.7. The van der Waals surface area contributed by atoms with Crippen molar-refractivity contribution >= 4 is 17.6 Å². The fraction of sp³-hybridized carbons (Fsp3) is 0.542. The Hall–Kier alpha value is -1.94. The Balaban J connectivity index is 1.71. The van der Waals surface area contributed by atoms with Crippen LogP contribution >= 0.6 is 11.6 Å². The second-order valence-corrected chi connectivity index (χ2v) is 8.23. The molecular formula is C24H33ClN2O2. The van der Waals surface area contributed by atoms with E-state index < -0.39 is 11.3 Å². The molecule has 0 saturated heterocycles. The molecule has 0 amide bonds. The lowest BCUT2D eigenvalue weighted by Crippen LogP contribution is -2.15. The molecular weight excluding hydrogens is 384 g/mol. The first kappa shape index (κ1) is 23.3. The molecule has 5 heteroatoms. The summed E-state index contributed by atoms with van der Waals surface area (Å²) in [4.78, 5) is 19.8. The Bertz CT molecular complexity index is 717. The van der Waals surface area contributed by atoms with Gasteiger partial charge in [-0.1, -0.05) is 82.6 Å². The first-order chi connectivity index (χ1) is 14.1. The standard InChI is InChI=1S/C24H33ClN2O2/c1-2-3-4-5-6-7-8-9-10-11-20-17-26-23(27-18-20)21-14-12-19(13-15-21)16-22(25)24(28)29/h12-15,17-18,22H,2-11,16H2,1H3,(H,28,29)/t22-/m1/s1. The SMILES string of the molecule is CCCCCCCCCCCc1cnc(-c2ccc(C[C@@H](Cl)C(=O)O)cc2)nc1. The molecule has 1 N–H and O–H groups in total. The van der Waals surface area contributed by atoms with E-state index in [4.69, 9.17) is 16.7 Å². The number of nitrogens with zero attached hydrogens (tertiary/aromatic N) is 2. The molecule has 2 rings (SSSR count). The zero-order chi connectivity index (χ0) is 20.9. The molecule has 1 aromatic carbocycles. The summed E-state index contributed by atoms with van der Waals surface area (Å²) in [5, 5.41) is 7.99.